The van der Waals surface area contributed by atoms with Crippen LogP contribution in [0.2, 0.25) is 0 Å². The number of amides is 1. The molecule has 0 aliphatic heterocycles. The molecule has 6 nitrogen and oxygen atoms in total. The third-order valence-electron chi connectivity index (χ3n) is 3.60. The van der Waals surface area contributed by atoms with Crippen molar-refractivity contribution in [2.75, 3.05) is 14.2 Å². The molecule has 2 rings (SSSR count). The number of hydrogen-bond acceptors (Lipinski definition) is 4. The van der Waals surface area contributed by atoms with E-state index in [1.165, 1.54) is 44.6 Å². The summed E-state index contributed by atoms with van der Waals surface area (Å²) in [6, 6.07) is 9.14. The van der Waals surface area contributed by atoms with Crippen LogP contribution in [0.3, 0.4) is 0 Å². The van der Waals surface area contributed by atoms with Gasteiger partial charge in [-0.25, -0.2) is 4.39 Å². The first-order chi connectivity index (χ1) is 11.9. The van der Waals surface area contributed by atoms with Crippen LogP contribution in [-0.4, -0.2) is 31.2 Å². The maximum atomic E-state index is 13.1. The molecule has 0 fully saturated rings. The van der Waals surface area contributed by atoms with Crippen molar-refractivity contribution in [1.82, 2.24) is 5.32 Å². The lowest BCUT2D eigenvalue weighted by molar-refractivity contribution is -0.137. The Balaban J connectivity index is 2.24. The summed E-state index contributed by atoms with van der Waals surface area (Å²) in [5.74, 6) is -1.14. The first-order valence-corrected chi connectivity index (χ1v) is 7.44. The average molecular weight is 347 g/mol. The van der Waals surface area contributed by atoms with Gasteiger partial charge in [0.25, 0.3) is 5.91 Å². The van der Waals surface area contributed by atoms with Gasteiger partial charge >= 0.3 is 5.97 Å². The van der Waals surface area contributed by atoms with Crippen molar-refractivity contribution >= 4 is 11.9 Å². The Morgan fingerprint density at radius 2 is 1.72 bits per heavy atom. The number of carbonyl (C=O) groups is 2. The van der Waals surface area contributed by atoms with Gasteiger partial charge in [-0.3, -0.25) is 9.59 Å². The van der Waals surface area contributed by atoms with Crippen LogP contribution >= 0.6 is 0 Å². The number of ether oxygens (including phenoxy) is 2. The molecule has 0 saturated carbocycles. The molecule has 1 atom stereocenters. The number of benzene rings is 2. The number of hydrogen-bond donors (Lipinski definition) is 2. The average Bonchev–Trinajstić information content (AvgIpc) is 2.60. The van der Waals surface area contributed by atoms with Gasteiger partial charge in [0.15, 0.2) is 11.5 Å². The van der Waals surface area contributed by atoms with Crippen LogP contribution in [0.25, 0.3) is 0 Å². The number of carbonyl (C=O) groups excluding carboxylic acids is 1. The molecule has 0 unspecified atom stereocenters. The topological polar surface area (TPSA) is 84.9 Å². The number of methoxy groups -OCH3 is 2. The fraction of sp³-hybridized carbons (Fsp3) is 0.222. The van der Waals surface area contributed by atoms with Crippen molar-refractivity contribution in [3.8, 4) is 11.5 Å². The molecule has 0 heterocycles. The highest BCUT2D eigenvalue weighted by molar-refractivity contribution is 5.95. The minimum atomic E-state index is -1.08. The van der Waals surface area contributed by atoms with Crippen LogP contribution in [0.15, 0.2) is 42.5 Å². The Labute approximate surface area is 144 Å². The second-order valence-electron chi connectivity index (χ2n) is 5.25. The normalized spacial score (nSPS) is 11.5. The van der Waals surface area contributed by atoms with E-state index in [-0.39, 0.29) is 12.0 Å². The summed E-state index contributed by atoms with van der Waals surface area (Å²) in [7, 11) is 2.93. The standard InChI is InChI=1S/C18H18FNO5/c1-24-15-8-5-12(9-16(15)25-2)18(23)20-14(10-17(21)22)11-3-6-13(19)7-4-11/h3-9,14H,10H2,1-2H3,(H,20,23)(H,21,22)/t14-/m1/s1. The van der Waals surface area contributed by atoms with Gasteiger partial charge in [0.2, 0.25) is 0 Å². The molecule has 0 aliphatic rings. The Kier molecular flexibility index (Phi) is 5.94. The van der Waals surface area contributed by atoms with E-state index in [0.717, 1.165) is 0 Å². The van der Waals surface area contributed by atoms with Gasteiger partial charge in [-0.05, 0) is 35.9 Å². The van der Waals surface area contributed by atoms with Crippen LogP contribution in [-0.2, 0) is 4.79 Å². The van der Waals surface area contributed by atoms with Crippen molar-refractivity contribution in [3.05, 3.63) is 59.4 Å². The van der Waals surface area contributed by atoms with E-state index in [2.05, 4.69) is 5.32 Å². The van der Waals surface area contributed by atoms with E-state index in [1.54, 1.807) is 12.1 Å². The van der Waals surface area contributed by atoms with E-state index in [9.17, 15) is 14.0 Å². The van der Waals surface area contributed by atoms with Gasteiger partial charge < -0.3 is 19.9 Å². The molecule has 0 saturated heterocycles. The molecule has 0 bridgehead atoms. The molecule has 0 aliphatic carbocycles. The van der Waals surface area contributed by atoms with Crippen molar-refractivity contribution in [2.45, 2.75) is 12.5 Å². The third-order valence-corrected chi connectivity index (χ3v) is 3.60. The number of halogens is 1. The Morgan fingerprint density at radius 3 is 2.28 bits per heavy atom. The lowest BCUT2D eigenvalue weighted by Gasteiger charge is -2.18. The molecule has 2 aromatic rings. The van der Waals surface area contributed by atoms with Crippen LogP contribution < -0.4 is 14.8 Å². The lowest BCUT2D eigenvalue weighted by Crippen LogP contribution is -2.30. The molecule has 0 spiro atoms. The van der Waals surface area contributed by atoms with E-state index in [1.807, 2.05) is 0 Å². The number of rotatable bonds is 7. The predicted molar refractivity (Wildman–Crippen MR) is 88.4 cm³/mol. The summed E-state index contributed by atoms with van der Waals surface area (Å²) in [6.45, 7) is 0. The van der Waals surface area contributed by atoms with E-state index in [0.29, 0.717) is 17.1 Å². The SMILES string of the molecule is COc1ccc(C(=O)N[C@H](CC(=O)O)c2ccc(F)cc2)cc1OC. The predicted octanol–water partition coefficient (Wildman–Crippen LogP) is 2.79. The van der Waals surface area contributed by atoms with Gasteiger partial charge in [-0.2, -0.15) is 0 Å². The van der Waals surface area contributed by atoms with Gasteiger partial charge in [0.1, 0.15) is 5.82 Å². The molecule has 2 N–H and O–H groups in total. The minimum absolute atomic E-state index is 0.287. The maximum Gasteiger partial charge on any atom is 0.305 e. The minimum Gasteiger partial charge on any atom is -0.493 e. The van der Waals surface area contributed by atoms with Gasteiger partial charge in [0, 0.05) is 5.56 Å². The summed E-state index contributed by atoms with van der Waals surface area (Å²) < 4.78 is 23.3. The molecule has 25 heavy (non-hydrogen) atoms. The Morgan fingerprint density at radius 1 is 1.08 bits per heavy atom. The molecule has 0 radical (unpaired) electrons. The van der Waals surface area contributed by atoms with Crippen LogP contribution in [0.4, 0.5) is 4.39 Å². The van der Waals surface area contributed by atoms with E-state index >= 15 is 0 Å². The molecular weight excluding hydrogens is 329 g/mol. The van der Waals surface area contributed by atoms with Crippen LogP contribution in [0.1, 0.15) is 28.4 Å². The van der Waals surface area contributed by atoms with Gasteiger partial charge in [-0.1, -0.05) is 12.1 Å². The molecule has 0 aromatic heterocycles. The second kappa shape index (κ2) is 8.14. The quantitative estimate of drug-likeness (QED) is 0.804. The first kappa shape index (κ1) is 18.3. The highest BCUT2D eigenvalue weighted by atomic mass is 19.1. The third kappa shape index (κ3) is 4.69. The fourth-order valence-corrected chi connectivity index (χ4v) is 2.34. The van der Waals surface area contributed by atoms with Crippen molar-refractivity contribution < 1.29 is 28.6 Å². The molecule has 132 valence electrons. The summed E-state index contributed by atoms with van der Waals surface area (Å²) in [6.07, 6.45) is -0.329. The number of carboxylic acid groups (broad SMARTS) is 1. The van der Waals surface area contributed by atoms with Crippen LogP contribution in [0.5, 0.6) is 11.5 Å². The summed E-state index contributed by atoms with van der Waals surface area (Å²) in [5, 5.41) is 11.7. The highest BCUT2D eigenvalue weighted by Crippen LogP contribution is 2.28. The molecule has 7 heteroatoms. The summed E-state index contributed by atoms with van der Waals surface area (Å²) >= 11 is 0. The fourth-order valence-electron chi connectivity index (χ4n) is 2.34. The second-order valence-corrected chi connectivity index (χ2v) is 5.25. The number of aliphatic carboxylic acids is 1. The van der Waals surface area contributed by atoms with Crippen molar-refractivity contribution in [2.24, 2.45) is 0 Å². The lowest BCUT2D eigenvalue weighted by atomic mass is 10.0. The summed E-state index contributed by atoms with van der Waals surface area (Å²) in [5.41, 5.74) is 0.785. The molecule has 1 amide bonds. The zero-order valence-electron chi connectivity index (χ0n) is 13.8. The van der Waals surface area contributed by atoms with E-state index in [4.69, 9.17) is 14.6 Å². The maximum absolute atomic E-state index is 13.1. The number of nitrogens with one attached hydrogen (secondary N) is 1. The van der Waals surface area contributed by atoms with Gasteiger partial charge in [-0.15, -0.1) is 0 Å². The smallest absolute Gasteiger partial charge is 0.305 e. The Bertz CT molecular complexity index is 761. The molecular formula is C18H18FNO5. The first-order valence-electron chi connectivity index (χ1n) is 7.44. The largest absolute Gasteiger partial charge is 0.493 e. The van der Waals surface area contributed by atoms with Crippen molar-refractivity contribution in [1.29, 1.82) is 0 Å². The zero-order chi connectivity index (χ0) is 18.4. The highest BCUT2D eigenvalue weighted by Gasteiger charge is 2.20. The van der Waals surface area contributed by atoms with E-state index < -0.39 is 23.7 Å². The van der Waals surface area contributed by atoms with Crippen molar-refractivity contribution in [3.63, 3.8) is 0 Å². The molecule has 2 aromatic carbocycles. The number of carboxylic acids is 1. The monoisotopic (exact) mass is 347 g/mol. The van der Waals surface area contributed by atoms with Crippen LogP contribution in [0, 0.1) is 5.82 Å². The summed E-state index contributed by atoms with van der Waals surface area (Å²) in [4.78, 5) is 23.6. The zero-order valence-corrected chi connectivity index (χ0v) is 13.8. The Hall–Kier alpha value is -3.09. The van der Waals surface area contributed by atoms with Gasteiger partial charge in [0.05, 0.1) is 26.7 Å².